The summed E-state index contributed by atoms with van der Waals surface area (Å²) >= 11 is 0. The van der Waals surface area contributed by atoms with Crippen molar-refractivity contribution in [3.63, 3.8) is 0 Å². The van der Waals surface area contributed by atoms with Gasteiger partial charge in [-0.3, -0.25) is 4.79 Å². The van der Waals surface area contributed by atoms with Crippen LogP contribution in [0.25, 0.3) is 0 Å². The molecular formula is C23H24F5NO3. The number of nitrogens with zero attached hydrogens (tertiary/aromatic N) is 1. The van der Waals surface area contributed by atoms with Gasteiger partial charge >= 0.3 is 12.3 Å². The second-order valence-corrected chi connectivity index (χ2v) is 7.71. The fourth-order valence-corrected chi connectivity index (χ4v) is 3.82. The summed E-state index contributed by atoms with van der Waals surface area (Å²) in [5.41, 5.74) is 0.753. The number of alkyl halides is 5. The summed E-state index contributed by atoms with van der Waals surface area (Å²) in [5, 5.41) is 0. The van der Waals surface area contributed by atoms with E-state index < -0.39 is 24.3 Å². The van der Waals surface area contributed by atoms with Crippen LogP contribution >= 0.6 is 0 Å². The summed E-state index contributed by atoms with van der Waals surface area (Å²) in [6, 6.07) is 11.3. The minimum Gasteiger partial charge on any atom is -0.429 e. The number of halogens is 5. The topological polar surface area (TPSA) is 38.8 Å². The van der Waals surface area contributed by atoms with Crippen LogP contribution in [-0.4, -0.2) is 31.8 Å². The summed E-state index contributed by atoms with van der Waals surface area (Å²) in [5.74, 6) is 0.261. The molecule has 2 aromatic carbocycles. The van der Waals surface area contributed by atoms with Crippen LogP contribution in [0.2, 0.25) is 0 Å². The van der Waals surface area contributed by atoms with Crippen molar-refractivity contribution in [2.24, 2.45) is 0 Å². The van der Waals surface area contributed by atoms with Crippen molar-refractivity contribution in [1.29, 1.82) is 0 Å². The fraction of sp³-hybridized carbons (Fsp3) is 0.435. The molecule has 174 valence electrons. The highest BCUT2D eigenvalue weighted by molar-refractivity contribution is 5.53. The second-order valence-electron chi connectivity index (χ2n) is 7.71. The zero-order chi connectivity index (χ0) is 23.4. The van der Waals surface area contributed by atoms with Gasteiger partial charge in [0.2, 0.25) is 0 Å². The first-order valence-electron chi connectivity index (χ1n) is 10.3. The molecule has 0 bridgehead atoms. The molecular weight excluding hydrogens is 433 g/mol. The Morgan fingerprint density at radius 2 is 1.66 bits per heavy atom. The summed E-state index contributed by atoms with van der Waals surface area (Å²) < 4.78 is 75.6. The van der Waals surface area contributed by atoms with Gasteiger partial charge in [-0.15, -0.1) is 0 Å². The molecule has 0 radical (unpaired) electrons. The van der Waals surface area contributed by atoms with E-state index in [4.69, 9.17) is 9.47 Å². The summed E-state index contributed by atoms with van der Waals surface area (Å²) in [6.07, 6.45) is -6.92. The van der Waals surface area contributed by atoms with Crippen LogP contribution in [0.1, 0.15) is 43.2 Å². The molecule has 9 heteroatoms. The first kappa shape index (κ1) is 24.0. The zero-order valence-corrected chi connectivity index (χ0v) is 17.4. The maximum atomic E-state index is 13.7. The third-order valence-electron chi connectivity index (χ3n) is 5.67. The molecule has 1 saturated heterocycles. The number of carbonyl (C=O) groups excluding carboxylic acids is 1. The number of hydrogen-bond donors (Lipinski definition) is 0. The molecule has 0 saturated carbocycles. The largest absolute Gasteiger partial charge is 0.429 e. The minimum absolute atomic E-state index is 0.0777. The quantitative estimate of drug-likeness (QED) is 0.359. The van der Waals surface area contributed by atoms with Crippen LogP contribution in [0, 0.1) is 0 Å². The number of hydrogen-bond acceptors (Lipinski definition) is 4. The molecule has 3 rings (SSSR count). The van der Waals surface area contributed by atoms with Crippen LogP contribution in [-0.2, 0) is 15.7 Å². The van der Waals surface area contributed by atoms with Gasteiger partial charge in [0.1, 0.15) is 5.75 Å². The number of rotatable bonds is 8. The van der Waals surface area contributed by atoms with Crippen LogP contribution in [0.3, 0.4) is 0 Å². The van der Waals surface area contributed by atoms with E-state index in [1.807, 2.05) is 4.90 Å². The summed E-state index contributed by atoms with van der Waals surface area (Å²) in [4.78, 5) is 12.4. The average molecular weight is 457 g/mol. The first-order valence-corrected chi connectivity index (χ1v) is 10.3. The average Bonchev–Trinajstić information content (AvgIpc) is 2.78. The van der Waals surface area contributed by atoms with E-state index in [2.05, 4.69) is 0 Å². The maximum absolute atomic E-state index is 13.7. The van der Waals surface area contributed by atoms with E-state index in [9.17, 15) is 26.7 Å². The summed E-state index contributed by atoms with van der Waals surface area (Å²) in [6.45, 7) is 1.88. The van der Waals surface area contributed by atoms with Crippen molar-refractivity contribution in [2.75, 3.05) is 18.1 Å². The van der Waals surface area contributed by atoms with Crippen molar-refractivity contribution in [2.45, 2.75) is 50.4 Å². The van der Waals surface area contributed by atoms with E-state index in [0.717, 1.165) is 17.7 Å². The Bertz CT molecular complexity index is 884. The first-order chi connectivity index (χ1) is 15.1. The lowest BCUT2D eigenvalue weighted by molar-refractivity contribution is -0.241. The van der Waals surface area contributed by atoms with E-state index in [0.29, 0.717) is 37.3 Å². The Morgan fingerprint density at radius 3 is 2.22 bits per heavy atom. The van der Waals surface area contributed by atoms with Crippen LogP contribution in [0.4, 0.5) is 27.6 Å². The van der Waals surface area contributed by atoms with E-state index in [1.54, 1.807) is 24.3 Å². The lowest BCUT2D eigenvalue weighted by atomic mass is 9.86. The smallest absolute Gasteiger partial charge is 0.416 e. The third-order valence-corrected chi connectivity index (χ3v) is 5.67. The molecule has 2 aromatic rings. The number of anilines is 1. The van der Waals surface area contributed by atoms with Gasteiger partial charge in [0.05, 0.1) is 18.2 Å². The summed E-state index contributed by atoms with van der Waals surface area (Å²) in [7, 11) is 0. The SMILES string of the molecule is CCC(F)(F)OC[C@@H]1CC[C@H](c2ccc(C(F)(F)F)cc2)CN1c1ccc(OC=O)cc1. The Kier molecular flexibility index (Phi) is 7.38. The highest BCUT2D eigenvalue weighted by atomic mass is 19.4. The standard InChI is InChI=1S/C23H24F5NO3/c1-2-22(24,25)32-14-20-8-5-17(16-3-6-18(7-4-16)23(26,27)28)13-29(20)19-9-11-21(12-10-19)31-15-30/h3-4,6-7,9-12,15,17,20H,2,5,8,13-14H2,1H3/t17-,20-/m0/s1. The van der Waals surface area contributed by atoms with E-state index >= 15 is 0 Å². The molecule has 0 N–H and O–H groups in total. The van der Waals surface area contributed by atoms with Crippen LogP contribution < -0.4 is 9.64 Å². The minimum atomic E-state index is -4.41. The fourth-order valence-electron chi connectivity index (χ4n) is 3.82. The van der Waals surface area contributed by atoms with Gasteiger partial charge in [-0.2, -0.15) is 22.0 Å². The van der Waals surface area contributed by atoms with E-state index in [-0.39, 0.29) is 18.6 Å². The predicted octanol–water partition coefficient (Wildman–Crippen LogP) is 6.01. The third kappa shape index (κ3) is 5.97. The van der Waals surface area contributed by atoms with Crippen molar-refractivity contribution in [3.05, 3.63) is 59.7 Å². The Morgan fingerprint density at radius 1 is 1.00 bits per heavy atom. The molecule has 32 heavy (non-hydrogen) atoms. The molecule has 1 fully saturated rings. The number of benzene rings is 2. The van der Waals surface area contributed by atoms with Crippen molar-refractivity contribution in [3.8, 4) is 5.75 Å². The number of ether oxygens (including phenoxy) is 2. The lowest BCUT2D eigenvalue weighted by Gasteiger charge is -2.42. The van der Waals surface area contributed by atoms with Crippen molar-refractivity contribution >= 4 is 12.2 Å². The molecule has 2 atom stereocenters. The van der Waals surface area contributed by atoms with Crippen molar-refractivity contribution < 1.29 is 36.2 Å². The van der Waals surface area contributed by atoms with Gasteiger partial charge in [0, 0.05) is 24.6 Å². The van der Waals surface area contributed by atoms with Gasteiger partial charge in [0.15, 0.2) is 0 Å². The molecule has 0 unspecified atom stereocenters. The molecule has 1 heterocycles. The Labute approximate surface area is 182 Å². The Hall–Kier alpha value is -2.68. The highest BCUT2D eigenvalue weighted by Gasteiger charge is 2.35. The molecule has 0 spiro atoms. The molecule has 1 aliphatic rings. The molecule has 0 amide bonds. The van der Waals surface area contributed by atoms with E-state index in [1.165, 1.54) is 19.1 Å². The van der Waals surface area contributed by atoms with Crippen LogP contribution in [0.5, 0.6) is 5.75 Å². The van der Waals surface area contributed by atoms with Gasteiger partial charge in [-0.25, -0.2) is 0 Å². The molecule has 1 aliphatic heterocycles. The Balaban J connectivity index is 1.81. The molecule has 0 aliphatic carbocycles. The number of carbonyl (C=O) groups is 1. The second kappa shape index (κ2) is 9.85. The number of piperidine rings is 1. The monoisotopic (exact) mass is 457 g/mol. The van der Waals surface area contributed by atoms with Gasteiger partial charge in [-0.05, 0) is 54.8 Å². The normalized spacial score (nSPS) is 19.6. The van der Waals surface area contributed by atoms with Gasteiger partial charge in [0.25, 0.3) is 6.47 Å². The lowest BCUT2D eigenvalue weighted by Crippen LogP contribution is -2.46. The molecule has 0 aromatic heterocycles. The van der Waals surface area contributed by atoms with Gasteiger partial charge in [-0.1, -0.05) is 19.1 Å². The van der Waals surface area contributed by atoms with Gasteiger partial charge < -0.3 is 14.4 Å². The van der Waals surface area contributed by atoms with Crippen molar-refractivity contribution in [1.82, 2.24) is 0 Å². The van der Waals surface area contributed by atoms with Crippen LogP contribution in [0.15, 0.2) is 48.5 Å². The zero-order valence-electron chi connectivity index (χ0n) is 17.4. The predicted molar refractivity (Wildman–Crippen MR) is 109 cm³/mol. The molecule has 4 nitrogen and oxygen atoms in total. The maximum Gasteiger partial charge on any atom is 0.416 e. The highest BCUT2D eigenvalue weighted by Crippen LogP contribution is 2.36.